The van der Waals surface area contributed by atoms with E-state index >= 15 is 0 Å². The molecule has 1 saturated heterocycles. The zero-order valence-corrected chi connectivity index (χ0v) is 19.3. The van der Waals surface area contributed by atoms with Crippen molar-refractivity contribution in [3.8, 4) is 5.75 Å². The zero-order valence-electron chi connectivity index (χ0n) is 18.5. The Morgan fingerprint density at radius 2 is 1.87 bits per heavy atom. The highest BCUT2D eigenvalue weighted by Gasteiger charge is 2.44. The maximum absolute atomic E-state index is 12.8. The van der Waals surface area contributed by atoms with E-state index in [0.717, 1.165) is 80.6 Å². The second-order valence-electron chi connectivity index (χ2n) is 8.54. The zero-order chi connectivity index (χ0) is 21.8. The lowest BCUT2D eigenvalue weighted by Crippen LogP contribution is -2.46. The summed E-state index contributed by atoms with van der Waals surface area (Å²) in [4.78, 5) is 17.7. The second-order valence-corrected chi connectivity index (χ2v) is 8.97. The van der Waals surface area contributed by atoms with Gasteiger partial charge in [-0.3, -0.25) is 9.69 Å². The number of unbranched alkanes of at least 4 members (excludes halogenated alkanes) is 1. The van der Waals surface area contributed by atoms with E-state index in [0.29, 0.717) is 0 Å². The number of amides is 1. The molecule has 2 heterocycles. The molecule has 0 aliphatic carbocycles. The smallest absolute Gasteiger partial charge is 0.235 e. The van der Waals surface area contributed by atoms with Gasteiger partial charge in [0.2, 0.25) is 5.91 Å². The van der Waals surface area contributed by atoms with Gasteiger partial charge in [0, 0.05) is 36.9 Å². The SMILES string of the molecule is CCC1(CCCCN2CCN(c3cc(Cl)ccc3OC)CC2)C(=O)Nc2ccccc21. The molecule has 4 rings (SSSR count). The Morgan fingerprint density at radius 3 is 2.61 bits per heavy atom. The van der Waals surface area contributed by atoms with E-state index in [9.17, 15) is 4.79 Å². The fraction of sp³-hybridized carbons (Fsp3) is 0.480. The van der Waals surface area contributed by atoms with Gasteiger partial charge in [-0.15, -0.1) is 0 Å². The lowest BCUT2D eigenvalue weighted by molar-refractivity contribution is -0.121. The van der Waals surface area contributed by atoms with Crippen LogP contribution in [-0.4, -0.2) is 50.6 Å². The number of fused-ring (bicyclic) bond motifs is 1. The maximum Gasteiger partial charge on any atom is 0.235 e. The quantitative estimate of drug-likeness (QED) is 0.589. The van der Waals surface area contributed by atoms with Gasteiger partial charge in [-0.2, -0.15) is 0 Å². The Bertz CT molecular complexity index is 927. The van der Waals surface area contributed by atoms with E-state index in [2.05, 4.69) is 28.1 Å². The highest BCUT2D eigenvalue weighted by atomic mass is 35.5. The number of para-hydroxylation sites is 1. The van der Waals surface area contributed by atoms with Crippen LogP contribution in [0.4, 0.5) is 11.4 Å². The van der Waals surface area contributed by atoms with E-state index in [1.54, 1.807) is 7.11 Å². The van der Waals surface area contributed by atoms with Crippen LogP contribution in [0.15, 0.2) is 42.5 Å². The third kappa shape index (κ3) is 4.39. The van der Waals surface area contributed by atoms with E-state index < -0.39 is 0 Å². The van der Waals surface area contributed by atoms with Crippen molar-refractivity contribution in [3.05, 3.63) is 53.1 Å². The molecule has 1 atom stereocenters. The topological polar surface area (TPSA) is 44.8 Å². The summed E-state index contributed by atoms with van der Waals surface area (Å²) in [6, 6.07) is 13.9. The number of halogens is 1. The molecule has 0 radical (unpaired) electrons. The average Bonchev–Trinajstić information content (AvgIpc) is 3.08. The minimum atomic E-state index is -0.363. The molecule has 6 heteroatoms. The number of hydrogen-bond donors (Lipinski definition) is 1. The van der Waals surface area contributed by atoms with E-state index in [1.165, 1.54) is 5.56 Å². The van der Waals surface area contributed by atoms with Gasteiger partial charge in [0.1, 0.15) is 5.75 Å². The molecule has 2 aromatic carbocycles. The number of hydrogen-bond acceptors (Lipinski definition) is 4. The molecule has 1 N–H and O–H groups in total. The molecule has 2 aliphatic rings. The van der Waals surface area contributed by atoms with Crippen LogP contribution in [0.1, 0.15) is 38.2 Å². The Balaban J connectivity index is 1.27. The molecule has 0 bridgehead atoms. The van der Waals surface area contributed by atoms with Crippen LogP contribution < -0.4 is 15.0 Å². The molecule has 0 saturated carbocycles. The molecule has 1 fully saturated rings. The minimum Gasteiger partial charge on any atom is -0.495 e. The molecule has 0 aromatic heterocycles. The summed E-state index contributed by atoms with van der Waals surface area (Å²) in [6.45, 7) is 7.18. The highest BCUT2D eigenvalue weighted by molar-refractivity contribution is 6.30. The Morgan fingerprint density at radius 1 is 1.10 bits per heavy atom. The van der Waals surface area contributed by atoms with Crippen LogP contribution in [0.3, 0.4) is 0 Å². The summed E-state index contributed by atoms with van der Waals surface area (Å²) in [7, 11) is 1.70. The van der Waals surface area contributed by atoms with Crippen LogP contribution in [0, 0.1) is 0 Å². The van der Waals surface area contributed by atoms with Crippen LogP contribution in [0.2, 0.25) is 5.02 Å². The Kier molecular flexibility index (Phi) is 6.73. The number of nitrogens with zero attached hydrogens (tertiary/aromatic N) is 2. The number of benzene rings is 2. The maximum atomic E-state index is 12.8. The second kappa shape index (κ2) is 9.49. The van der Waals surface area contributed by atoms with E-state index in [1.807, 2.05) is 36.4 Å². The molecule has 2 aromatic rings. The molecular weight excluding hydrogens is 410 g/mol. The van der Waals surface area contributed by atoms with Crippen LogP contribution in [0.5, 0.6) is 5.75 Å². The van der Waals surface area contributed by atoms with E-state index in [4.69, 9.17) is 16.3 Å². The first-order chi connectivity index (χ1) is 15.1. The van der Waals surface area contributed by atoms with Gasteiger partial charge >= 0.3 is 0 Å². The molecule has 31 heavy (non-hydrogen) atoms. The van der Waals surface area contributed by atoms with Crippen LogP contribution in [0.25, 0.3) is 0 Å². The number of carbonyl (C=O) groups is 1. The first-order valence-corrected chi connectivity index (χ1v) is 11.7. The number of carbonyl (C=O) groups excluding carboxylic acids is 1. The van der Waals surface area contributed by atoms with Crippen molar-refractivity contribution in [2.24, 2.45) is 0 Å². The fourth-order valence-electron chi connectivity index (χ4n) is 5.03. The lowest BCUT2D eigenvalue weighted by atomic mass is 9.75. The number of methoxy groups -OCH3 is 1. The first-order valence-electron chi connectivity index (χ1n) is 11.3. The third-order valence-corrected chi connectivity index (χ3v) is 7.15. The van der Waals surface area contributed by atoms with Gasteiger partial charge < -0.3 is 15.0 Å². The number of nitrogens with one attached hydrogen (secondary N) is 1. The lowest BCUT2D eigenvalue weighted by Gasteiger charge is -2.37. The number of piperazine rings is 1. The van der Waals surface area contributed by atoms with Crippen molar-refractivity contribution in [3.63, 3.8) is 0 Å². The van der Waals surface area contributed by atoms with E-state index in [-0.39, 0.29) is 11.3 Å². The fourth-order valence-corrected chi connectivity index (χ4v) is 5.20. The minimum absolute atomic E-state index is 0.167. The number of anilines is 2. The Labute approximate surface area is 190 Å². The summed E-state index contributed by atoms with van der Waals surface area (Å²) in [5, 5.41) is 3.83. The van der Waals surface area contributed by atoms with Gasteiger partial charge in [0.05, 0.1) is 18.2 Å². The molecular formula is C25H32ClN3O2. The average molecular weight is 442 g/mol. The molecule has 5 nitrogen and oxygen atoms in total. The molecule has 1 amide bonds. The number of ether oxygens (including phenoxy) is 1. The first kappa shape index (κ1) is 22.0. The Hall–Kier alpha value is -2.24. The molecule has 2 aliphatic heterocycles. The molecule has 166 valence electrons. The van der Waals surface area contributed by atoms with Crippen molar-refractivity contribution in [2.45, 2.75) is 38.0 Å². The predicted molar refractivity (Wildman–Crippen MR) is 128 cm³/mol. The predicted octanol–water partition coefficient (Wildman–Crippen LogP) is 4.94. The summed E-state index contributed by atoms with van der Waals surface area (Å²) in [5.41, 5.74) is 2.87. The third-order valence-electron chi connectivity index (χ3n) is 6.91. The standard InChI is InChI=1S/C25H32ClN3O2/c1-3-25(20-8-4-5-9-21(20)27-24(25)30)12-6-7-13-28-14-16-29(17-15-28)22-18-19(26)10-11-23(22)31-2/h4-5,8-11,18H,3,6-7,12-17H2,1-2H3,(H,27,30). The van der Waals surface area contributed by atoms with Crippen LogP contribution in [-0.2, 0) is 10.2 Å². The largest absolute Gasteiger partial charge is 0.495 e. The summed E-state index contributed by atoms with van der Waals surface area (Å²) >= 11 is 6.20. The van der Waals surface area contributed by atoms with Gasteiger partial charge in [0.15, 0.2) is 0 Å². The normalized spacial score (nSPS) is 21.1. The van der Waals surface area contributed by atoms with Crippen molar-refractivity contribution in [1.29, 1.82) is 0 Å². The van der Waals surface area contributed by atoms with Gasteiger partial charge in [-0.05, 0) is 55.6 Å². The van der Waals surface area contributed by atoms with Crippen molar-refractivity contribution < 1.29 is 9.53 Å². The highest BCUT2D eigenvalue weighted by Crippen LogP contribution is 2.43. The van der Waals surface area contributed by atoms with Crippen molar-refractivity contribution in [1.82, 2.24) is 4.90 Å². The summed E-state index contributed by atoms with van der Waals surface area (Å²) in [6.07, 6.45) is 3.91. The number of rotatable bonds is 8. The summed E-state index contributed by atoms with van der Waals surface area (Å²) in [5.74, 6) is 1.04. The summed E-state index contributed by atoms with van der Waals surface area (Å²) < 4.78 is 5.52. The van der Waals surface area contributed by atoms with Crippen molar-refractivity contribution >= 4 is 28.9 Å². The van der Waals surface area contributed by atoms with Gasteiger partial charge in [0.25, 0.3) is 0 Å². The van der Waals surface area contributed by atoms with Gasteiger partial charge in [-0.1, -0.05) is 43.1 Å². The molecule has 0 spiro atoms. The van der Waals surface area contributed by atoms with Gasteiger partial charge in [-0.25, -0.2) is 0 Å². The monoisotopic (exact) mass is 441 g/mol. The van der Waals surface area contributed by atoms with Crippen molar-refractivity contribution in [2.75, 3.05) is 50.1 Å². The van der Waals surface area contributed by atoms with Crippen LogP contribution >= 0.6 is 11.6 Å². The molecule has 1 unspecified atom stereocenters.